The van der Waals surface area contributed by atoms with Gasteiger partial charge in [0.1, 0.15) is 4.75 Å². The number of nitrogens with one attached hydrogen (secondary N) is 1. The van der Waals surface area contributed by atoms with E-state index in [1.807, 2.05) is 89.7 Å². The lowest BCUT2D eigenvalue weighted by atomic mass is 9.90. The number of aryl methyl sites for hydroxylation is 1. The molecule has 2 aliphatic heterocycles. The van der Waals surface area contributed by atoms with Crippen LogP contribution in [0.2, 0.25) is 5.02 Å². The number of likely N-dealkylation sites (tertiary alicyclic amines) is 1. The zero-order valence-corrected chi connectivity index (χ0v) is 27.1. The third-order valence-corrected chi connectivity index (χ3v) is 10.7. The van der Waals surface area contributed by atoms with Gasteiger partial charge in [0.05, 0.1) is 19.1 Å². The number of benzene rings is 3. The fraction of sp³-hybridized carbons (Fsp3) is 0.333. The Bertz CT molecular complexity index is 1620. The molecule has 0 radical (unpaired) electrons. The predicted molar refractivity (Wildman–Crippen MR) is 175 cm³/mol. The van der Waals surface area contributed by atoms with Crippen LogP contribution in [0.4, 0.5) is 0 Å². The van der Waals surface area contributed by atoms with Gasteiger partial charge in [-0.2, -0.15) is 0 Å². The molecule has 0 spiro atoms. The number of nitrogens with zero attached hydrogens (tertiary/aromatic N) is 3. The summed E-state index contributed by atoms with van der Waals surface area (Å²) in [5, 5.41) is 11.0. The van der Waals surface area contributed by atoms with Gasteiger partial charge in [-0.05, 0) is 48.9 Å². The van der Waals surface area contributed by atoms with Gasteiger partial charge in [-0.15, -0.1) is 11.8 Å². The second-order valence-electron chi connectivity index (χ2n) is 11.3. The Morgan fingerprint density at radius 1 is 1.07 bits per heavy atom. The van der Waals surface area contributed by atoms with Gasteiger partial charge in [-0.3, -0.25) is 14.5 Å². The first-order valence-corrected chi connectivity index (χ1v) is 16.4. The lowest BCUT2D eigenvalue weighted by molar-refractivity contribution is -0.136. The van der Waals surface area contributed by atoms with Crippen molar-refractivity contribution in [3.05, 3.63) is 99.1 Å². The highest BCUT2D eigenvalue weighted by molar-refractivity contribution is 9.10. The summed E-state index contributed by atoms with van der Waals surface area (Å²) in [5.41, 5.74) is 3.89. The predicted octanol–water partition coefficient (Wildman–Crippen LogP) is 6.03. The molecule has 2 fully saturated rings. The number of carbonyl (C=O) groups excluding carboxylic acids is 2. The maximum atomic E-state index is 15.0. The first-order valence-electron chi connectivity index (χ1n) is 14.5. The summed E-state index contributed by atoms with van der Waals surface area (Å²) in [6.07, 6.45) is 2.03. The number of aromatic amines is 1. The van der Waals surface area contributed by atoms with Gasteiger partial charge in [-0.25, -0.2) is 0 Å². The molecule has 0 bridgehead atoms. The molecule has 2 atom stereocenters. The van der Waals surface area contributed by atoms with Crippen LogP contribution in [0.1, 0.15) is 29.2 Å². The Balaban J connectivity index is 1.48. The molecule has 2 amide bonds. The molecule has 6 rings (SSSR count). The van der Waals surface area contributed by atoms with Crippen molar-refractivity contribution < 1.29 is 14.7 Å². The smallest absolute Gasteiger partial charge is 0.242 e. The second kappa shape index (κ2) is 12.7. The van der Waals surface area contributed by atoms with Crippen LogP contribution < -0.4 is 0 Å². The van der Waals surface area contributed by atoms with Crippen molar-refractivity contribution >= 4 is 62.0 Å². The highest BCUT2D eigenvalue weighted by Gasteiger charge is 2.59. The number of H-pyrrole nitrogens is 1. The van der Waals surface area contributed by atoms with E-state index in [2.05, 4.69) is 25.8 Å². The minimum absolute atomic E-state index is 0.0262. The van der Waals surface area contributed by atoms with E-state index in [1.54, 1.807) is 0 Å². The third-order valence-electron chi connectivity index (χ3n) is 8.48. The molecular weight excluding hydrogens is 648 g/mol. The van der Waals surface area contributed by atoms with Gasteiger partial charge in [0.15, 0.2) is 0 Å². The molecule has 7 nitrogen and oxygen atoms in total. The number of aliphatic hydroxyl groups excluding tert-OH is 1. The van der Waals surface area contributed by atoms with E-state index in [4.69, 9.17) is 11.6 Å². The zero-order valence-electron chi connectivity index (χ0n) is 23.9. The number of hydrogen-bond donors (Lipinski definition) is 2. The molecule has 3 aromatic carbocycles. The Hall–Kier alpha value is -2.82. The van der Waals surface area contributed by atoms with Crippen molar-refractivity contribution in [3.8, 4) is 0 Å². The summed E-state index contributed by atoms with van der Waals surface area (Å²) in [5.74, 6) is -0.0789. The van der Waals surface area contributed by atoms with Crippen molar-refractivity contribution in [1.29, 1.82) is 0 Å². The second-order valence-corrected chi connectivity index (χ2v) is 14.1. The van der Waals surface area contributed by atoms with Crippen LogP contribution in [0.3, 0.4) is 0 Å². The van der Waals surface area contributed by atoms with E-state index in [-0.39, 0.29) is 24.8 Å². The number of amides is 2. The van der Waals surface area contributed by atoms with E-state index in [0.29, 0.717) is 44.3 Å². The van der Waals surface area contributed by atoms with Gasteiger partial charge in [0, 0.05) is 76.3 Å². The molecule has 2 aliphatic rings. The Kier molecular flexibility index (Phi) is 8.89. The van der Waals surface area contributed by atoms with E-state index in [1.165, 1.54) is 11.8 Å². The van der Waals surface area contributed by atoms with Crippen LogP contribution >= 0.6 is 39.3 Å². The van der Waals surface area contributed by atoms with E-state index < -0.39 is 10.8 Å². The van der Waals surface area contributed by atoms with Crippen LogP contribution in [0, 0.1) is 6.92 Å². The molecule has 0 aliphatic carbocycles. The number of aromatic nitrogens is 1. The first kappa shape index (κ1) is 30.2. The number of aliphatic hydroxyl groups is 1. The van der Waals surface area contributed by atoms with Crippen molar-refractivity contribution in [3.63, 3.8) is 0 Å². The van der Waals surface area contributed by atoms with E-state index >= 15 is 0 Å². The molecule has 2 saturated heterocycles. The molecule has 224 valence electrons. The zero-order chi connectivity index (χ0) is 30.1. The molecule has 3 heterocycles. The van der Waals surface area contributed by atoms with Crippen LogP contribution in [0.5, 0.6) is 0 Å². The molecule has 2 N–H and O–H groups in total. The van der Waals surface area contributed by atoms with Crippen LogP contribution in [0.25, 0.3) is 10.9 Å². The maximum absolute atomic E-state index is 15.0. The third kappa shape index (κ3) is 6.11. The molecule has 2 unspecified atom stereocenters. The number of carbonyl (C=O) groups is 2. The number of piperazine rings is 1. The summed E-state index contributed by atoms with van der Waals surface area (Å²) in [6.45, 7) is 5.57. The SMILES string of the molecule is Cc1ccc(SC2(C(=O)N3CCN(CCO)CC3)CC(=O)N(Cc3ccc(Br)cc3)C2c2c[nH]c3cc(Cl)ccc23)cc1. The first-order chi connectivity index (χ1) is 20.8. The lowest BCUT2D eigenvalue weighted by Crippen LogP contribution is -2.56. The summed E-state index contributed by atoms with van der Waals surface area (Å²) in [6, 6.07) is 21.3. The fourth-order valence-corrected chi connectivity index (χ4v) is 8.19. The minimum atomic E-state index is -1.10. The Morgan fingerprint density at radius 2 is 1.79 bits per heavy atom. The van der Waals surface area contributed by atoms with Crippen molar-refractivity contribution in [1.82, 2.24) is 19.7 Å². The van der Waals surface area contributed by atoms with Gasteiger partial charge < -0.3 is 19.9 Å². The van der Waals surface area contributed by atoms with Gasteiger partial charge in [0.2, 0.25) is 11.8 Å². The number of β-amino-alcohol motifs (C(OH)–C–C–N with tert-alkyl or cyclic N) is 1. The van der Waals surface area contributed by atoms with Crippen molar-refractivity contribution in [2.45, 2.75) is 35.6 Å². The molecular formula is C33H34BrClN4O3S. The molecule has 4 aromatic rings. The van der Waals surface area contributed by atoms with Crippen molar-refractivity contribution in [2.24, 2.45) is 0 Å². The number of hydrogen-bond acceptors (Lipinski definition) is 5. The largest absolute Gasteiger partial charge is 0.395 e. The van der Waals surface area contributed by atoms with E-state index in [9.17, 15) is 14.7 Å². The minimum Gasteiger partial charge on any atom is -0.395 e. The standard InChI is InChI=1S/C33H34BrClN4O3S/c1-22-2-9-26(10-3-22)43-33(32(42)38-14-12-37(13-15-38)16-17-40)19-30(41)39(21-23-4-6-24(34)7-5-23)31(33)28-20-36-29-18-25(35)8-11-27(28)29/h2-11,18,20,31,36,40H,12-17,19,21H2,1H3. The highest BCUT2D eigenvalue weighted by atomic mass is 79.9. The van der Waals surface area contributed by atoms with Crippen LogP contribution in [-0.2, 0) is 16.1 Å². The number of thioether (sulfide) groups is 1. The normalized spacial score (nSPS) is 21.2. The van der Waals surface area contributed by atoms with Gasteiger partial charge in [0.25, 0.3) is 0 Å². The highest BCUT2D eigenvalue weighted by Crippen LogP contribution is 2.55. The topological polar surface area (TPSA) is 79.9 Å². The summed E-state index contributed by atoms with van der Waals surface area (Å²) in [7, 11) is 0. The summed E-state index contributed by atoms with van der Waals surface area (Å²) >= 11 is 11.4. The van der Waals surface area contributed by atoms with Gasteiger partial charge >= 0.3 is 0 Å². The Labute approximate surface area is 269 Å². The average Bonchev–Trinajstić information content (AvgIpc) is 3.53. The van der Waals surface area contributed by atoms with Gasteiger partial charge in [-0.1, -0.05) is 63.4 Å². The maximum Gasteiger partial charge on any atom is 0.242 e. The fourth-order valence-electron chi connectivity index (χ4n) is 6.28. The van der Waals surface area contributed by atoms with Crippen molar-refractivity contribution in [2.75, 3.05) is 39.3 Å². The monoisotopic (exact) mass is 680 g/mol. The van der Waals surface area contributed by atoms with Crippen LogP contribution in [-0.4, -0.2) is 80.7 Å². The molecule has 0 saturated carbocycles. The lowest BCUT2D eigenvalue weighted by Gasteiger charge is -2.42. The molecule has 10 heteroatoms. The molecule has 1 aromatic heterocycles. The number of rotatable bonds is 8. The quantitative estimate of drug-likeness (QED) is 0.238. The number of halogens is 2. The summed E-state index contributed by atoms with van der Waals surface area (Å²) < 4.78 is -0.135. The van der Waals surface area contributed by atoms with Crippen LogP contribution in [0.15, 0.2) is 82.3 Å². The summed E-state index contributed by atoms with van der Waals surface area (Å²) in [4.78, 5) is 39.5. The average molecular weight is 682 g/mol. The molecule has 43 heavy (non-hydrogen) atoms. The van der Waals surface area contributed by atoms with E-state index in [0.717, 1.165) is 37.0 Å². The Morgan fingerprint density at radius 3 is 2.49 bits per heavy atom. The number of fused-ring (bicyclic) bond motifs is 1.